The van der Waals surface area contributed by atoms with Gasteiger partial charge in [-0.05, 0) is 62.9 Å². The van der Waals surface area contributed by atoms with Gasteiger partial charge in [-0.1, -0.05) is 30.3 Å². The van der Waals surface area contributed by atoms with Gasteiger partial charge in [0.25, 0.3) is 5.91 Å². The quantitative estimate of drug-likeness (QED) is 0.730. The highest BCUT2D eigenvalue weighted by atomic mass is 16.1. The summed E-state index contributed by atoms with van der Waals surface area (Å²) in [4.78, 5) is 12.6. The Bertz CT molecular complexity index is 893. The molecule has 0 aliphatic heterocycles. The molecule has 0 spiro atoms. The van der Waals surface area contributed by atoms with Crippen LogP contribution in [0.15, 0.2) is 48.5 Å². The smallest absolute Gasteiger partial charge is 0.251 e. The Morgan fingerprint density at radius 3 is 2.56 bits per heavy atom. The molecular weight excluding hydrogens is 308 g/mol. The van der Waals surface area contributed by atoms with Gasteiger partial charge in [-0.2, -0.15) is 0 Å². The van der Waals surface area contributed by atoms with E-state index in [2.05, 4.69) is 62.0 Å². The number of aryl methyl sites for hydroxylation is 3. The van der Waals surface area contributed by atoms with E-state index in [4.69, 9.17) is 0 Å². The lowest BCUT2D eigenvalue weighted by atomic mass is 10.1. The summed E-state index contributed by atoms with van der Waals surface area (Å²) < 4.78 is 2.18. The summed E-state index contributed by atoms with van der Waals surface area (Å²) in [6, 6.07) is 16.5. The second kappa shape index (κ2) is 7.14. The zero-order valence-corrected chi connectivity index (χ0v) is 15.5. The molecule has 0 saturated heterocycles. The number of nitrogens with one attached hydrogen (secondary N) is 1. The highest BCUT2D eigenvalue weighted by molar-refractivity contribution is 5.99. The molecule has 2 aromatic carbocycles. The molecule has 0 fully saturated rings. The highest BCUT2D eigenvalue weighted by Crippen LogP contribution is 2.25. The first-order valence-electron chi connectivity index (χ1n) is 8.88. The summed E-state index contributed by atoms with van der Waals surface area (Å²) in [5.41, 5.74) is 5.69. The van der Waals surface area contributed by atoms with Crippen molar-refractivity contribution in [3.63, 3.8) is 0 Å². The maximum Gasteiger partial charge on any atom is 0.251 e. The van der Waals surface area contributed by atoms with Crippen molar-refractivity contribution in [2.75, 3.05) is 0 Å². The van der Waals surface area contributed by atoms with Gasteiger partial charge in [0.1, 0.15) is 0 Å². The van der Waals surface area contributed by atoms with Gasteiger partial charge in [-0.15, -0.1) is 0 Å². The van der Waals surface area contributed by atoms with Crippen LogP contribution < -0.4 is 5.32 Å². The molecule has 1 heterocycles. The van der Waals surface area contributed by atoms with E-state index in [1.807, 2.05) is 24.3 Å². The van der Waals surface area contributed by atoms with Crippen LogP contribution in [0.3, 0.4) is 0 Å². The van der Waals surface area contributed by atoms with Crippen molar-refractivity contribution in [3.8, 4) is 0 Å². The molecule has 0 radical (unpaired) electrons. The van der Waals surface area contributed by atoms with E-state index in [1.165, 1.54) is 22.3 Å². The van der Waals surface area contributed by atoms with E-state index in [0.717, 1.165) is 23.8 Å². The molecular formula is C22H26N2O. The average molecular weight is 334 g/mol. The van der Waals surface area contributed by atoms with Crippen molar-refractivity contribution >= 4 is 16.8 Å². The van der Waals surface area contributed by atoms with Crippen molar-refractivity contribution in [3.05, 3.63) is 70.9 Å². The predicted octanol–water partition coefficient (Wildman–Crippen LogP) is 4.55. The number of amides is 1. The molecule has 3 nitrogen and oxygen atoms in total. The first kappa shape index (κ1) is 17.3. The van der Waals surface area contributed by atoms with Gasteiger partial charge >= 0.3 is 0 Å². The van der Waals surface area contributed by atoms with Crippen molar-refractivity contribution in [2.45, 2.75) is 39.7 Å². The van der Waals surface area contributed by atoms with E-state index in [9.17, 15) is 4.79 Å². The van der Waals surface area contributed by atoms with Gasteiger partial charge in [0.05, 0.1) is 0 Å². The fraction of sp³-hybridized carbons (Fsp3) is 0.318. The monoisotopic (exact) mass is 334 g/mol. The van der Waals surface area contributed by atoms with Crippen LogP contribution >= 0.6 is 0 Å². The van der Waals surface area contributed by atoms with E-state index in [0.29, 0.717) is 0 Å². The summed E-state index contributed by atoms with van der Waals surface area (Å²) >= 11 is 0. The van der Waals surface area contributed by atoms with Crippen LogP contribution in [0.5, 0.6) is 0 Å². The van der Waals surface area contributed by atoms with E-state index in [-0.39, 0.29) is 11.9 Å². The fourth-order valence-electron chi connectivity index (χ4n) is 3.30. The van der Waals surface area contributed by atoms with E-state index < -0.39 is 0 Å². The molecule has 1 amide bonds. The molecule has 25 heavy (non-hydrogen) atoms. The molecule has 0 saturated carbocycles. The molecule has 0 aliphatic rings. The Morgan fingerprint density at radius 1 is 1.12 bits per heavy atom. The number of rotatable bonds is 5. The third-order valence-electron chi connectivity index (χ3n) is 5.16. The van der Waals surface area contributed by atoms with E-state index >= 15 is 0 Å². The molecule has 130 valence electrons. The molecule has 1 N–H and O–H groups in total. The summed E-state index contributed by atoms with van der Waals surface area (Å²) in [5, 5.41) is 4.28. The third-order valence-corrected chi connectivity index (χ3v) is 5.16. The molecule has 0 unspecified atom stereocenters. The SMILES string of the molecule is Cc1c(C)n(C)c2ccc(C(=O)N[C@@H](C)CCc3ccccc3)cc12. The van der Waals surface area contributed by atoms with Crippen molar-refractivity contribution < 1.29 is 4.79 Å². The molecule has 1 aromatic heterocycles. The van der Waals surface area contributed by atoms with Gasteiger partial charge in [0, 0.05) is 35.2 Å². The second-order valence-electron chi connectivity index (χ2n) is 6.90. The Kier molecular flexibility index (Phi) is 4.93. The minimum Gasteiger partial charge on any atom is -0.350 e. The van der Waals surface area contributed by atoms with E-state index in [1.54, 1.807) is 0 Å². The first-order valence-corrected chi connectivity index (χ1v) is 8.88. The number of fused-ring (bicyclic) bond motifs is 1. The first-order chi connectivity index (χ1) is 12.0. The minimum absolute atomic E-state index is 0.00312. The molecule has 1 atom stereocenters. The number of carbonyl (C=O) groups excluding carboxylic acids is 1. The summed E-state index contributed by atoms with van der Waals surface area (Å²) in [6.07, 6.45) is 1.90. The topological polar surface area (TPSA) is 34.0 Å². The lowest BCUT2D eigenvalue weighted by Gasteiger charge is -2.14. The van der Waals surface area contributed by atoms with Crippen LogP contribution in [0.1, 0.15) is 40.5 Å². The van der Waals surface area contributed by atoms with Crippen LogP contribution in [0.2, 0.25) is 0 Å². The number of aromatic nitrogens is 1. The highest BCUT2D eigenvalue weighted by Gasteiger charge is 2.14. The third kappa shape index (κ3) is 3.60. The van der Waals surface area contributed by atoms with Gasteiger partial charge in [0.2, 0.25) is 0 Å². The van der Waals surface area contributed by atoms with Gasteiger partial charge in [-0.3, -0.25) is 4.79 Å². The molecule has 3 aromatic rings. The van der Waals surface area contributed by atoms with Gasteiger partial charge in [-0.25, -0.2) is 0 Å². The normalized spacial score (nSPS) is 12.3. The zero-order chi connectivity index (χ0) is 18.0. The number of carbonyl (C=O) groups is 1. The van der Waals surface area contributed by atoms with Crippen LogP contribution in [-0.4, -0.2) is 16.5 Å². The summed E-state index contributed by atoms with van der Waals surface area (Å²) in [5.74, 6) is 0.00312. The Morgan fingerprint density at radius 2 is 1.84 bits per heavy atom. The number of nitrogens with zero attached hydrogens (tertiary/aromatic N) is 1. The minimum atomic E-state index is 0.00312. The summed E-state index contributed by atoms with van der Waals surface area (Å²) in [7, 11) is 2.07. The van der Waals surface area contributed by atoms with Crippen LogP contribution in [0, 0.1) is 13.8 Å². The fourth-order valence-corrected chi connectivity index (χ4v) is 3.30. The Hall–Kier alpha value is -2.55. The number of hydrogen-bond acceptors (Lipinski definition) is 1. The lowest BCUT2D eigenvalue weighted by Crippen LogP contribution is -2.32. The Labute approximate surface area is 149 Å². The Balaban J connectivity index is 1.68. The van der Waals surface area contributed by atoms with Crippen LogP contribution in [-0.2, 0) is 13.5 Å². The maximum atomic E-state index is 12.6. The molecule has 0 aliphatic carbocycles. The average Bonchev–Trinajstić information content (AvgIpc) is 2.85. The molecule has 3 heteroatoms. The van der Waals surface area contributed by atoms with Crippen molar-refractivity contribution in [2.24, 2.45) is 7.05 Å². The van der Waals surface area contributed by atoms with Crippen molar-refractivity contribution in [1.82, 2.24) is 9.88 Å². The largest absolute Gasteiger partial charge is 0.350 e. The summed E-state index contributed by atoms with van der Waals surface area (Å²) in [6.45, 7) is 6.29. The molecule has 3 rings (SSSR count). The molecule has 0 bridgehead atoms. The van der Waals surface area contributed by atoms with Gasteiger partial charge < -0.3 is 9.88 Å². The number of benzene rings is 2. The van der Waals surface area contributed by atoms with Gasteiger partial charge in [0.15, 0.2) is 0 Å². The van der Waals surface area contributed by atoms with Crippen LogP contribution in [0.4, 0.5) is 0 Å². The standard InChI is InChI=1S/C22H26N2O/c1-15(10-11-18-8-6-5-7-9-18)23-22(25)19-12-13-21-20(14-19)16(2)17(3)24(21)4/h5-9,12-15H,10-11H2,1-4H3,(H,23,25)/t15-/m0/s1. The van der Waals surface area contributed by atoms with Crippen LogP contribution in [0.25, 0.3) is 10.9 Å². The number of hydrogen-bond donors (Lipinski definition) is 1. The lowest BCUT2D eigenvalue weighted by molar-refractivity contribution is 0.0938. The zero-order valence-electron chi connectivity index (χ0n) is 15.5. The maximum absolute atomic E-state index is 12.6. The second-order valence-corrected chi connectivity index (χ2v) is 6.90. The predicted molar refractivity (Wildman–Crippen MR) is 104 cm³/mol. The van der Waals surface area contributed by atoms with Crippen molar-refractivity contribution in [1.29, 1.82) is 0 Å².